The minimum absolute atomic E-state index is 0.619. The molecule has 0 unspecified atom stereocenters. The molecule has 4 nitrogen and oxygen atoms in total. The molecule has 0 aliphatic carbocycles. The van der Waals surface area contributed by atoms with E-state index in [0.29, 0.717) is 5.69 Å². The molecule has 0 saturated heterocycles. The predicted octanol–water partition coefficient (Wildman–Crippen LogP) is 1.28. The number of rotatable bonds is 1. The number of hydrogen-bond acceptors (Lipinski definition) is 2. The number of fused-ring (bicyclic) bond motifs is 1. The van der Waals surface area contributed by atoms with Gasteiger partial charge in [0.2, 0.25) is 0 Å². The van der Waals surface area contributed by atoms with Crippen LogP contribution in [0.1, 0.15) is 5.69 Å². The standard InChI is InChI=1S/C9H6N4/c10-13-5-9-7-3-1-2-4-8(7)11-6-12-9/h1-6H. The Hall–Kier alpha value is -2.06. The first-order valence-electron chi connectivity index (χ1n) is 3.79. The van der Waals surface area contributed by atoms with Crippen LogP contribution < -0.4 is 0 Å². The zero-order valence-electron chi connectivity index (χ0n) is 6.75. The Morgan fingerprint density at radius 3 is 2.92 bits per heavy atom. The summed E-state index contributed by atoms with van der Waals surface area (Å²) in [4.78, 5) is 11.0. The third kappa shape index (κ3) is 1.30. The molecule has 0 atom stereocenters. The summed E-state index contributed by atoms with van der Waals surface area (Å²) in [6.45, 7) is 0. The maximum absolute atomic E-state index is 8.39. The molecule has 0 amide bonds. The monoisotopic (exact) mass is 170 g/mol. The first kappa shape index (κ1) is 7.58. The molecule has 62 valence electrons. The van der Waals surface area contributed by atoms with Gasteiger partial charge in [-0.15, -0.1) is 0 Å². The quantitative estimate of drug-likeness (QED) is 0.367. The first-order chi connectivity index (χ1) is 6.42. The summed E-state index contributed by atoms with van der Waals surface area (Å²) < 4.78 is 0. The fourth-order valence-corrected chi connectivity index (χ4v) is 1.18. The van der Waals surface area contributed by atoms with Gasteiger partial charge in [-0.05, 0) is 6.07 Å². The van der Waals surface area contributed by atoms with Gasteiger partial charge in [-0.25, -0.2) is 9.97 Å². The second-order valence-electron chi connectivity index (χ2n) is 2.52. The Morgan fingerprint density at radius 2 is 2.08 bits per heavy atom. The average Bonchev–Trinajstić information content (AvgIpc) is 2.19. The maximum atomic E-state index is 8.39. The van der Waals surface area contributed by atoms with Crippen LogP contribution in [0.4, 0.5) is 0 Å². The molecule has 2 aromatic rings. The van der Waals surface area contributed by atoms with Crippen LogP contribution in [0.2, 0.25) is 0 Å². The van der Waals surface area contributed by atoms with E-state index in [9.17, 15) is 0 Å². The van der Waals surface area contributed by atoms with Crippen LogP contribution in [0.5, 0.6) is 0 Å². The maximum Gasteiger partial charge on any atom is 0.306 e. The summed E-state index contributed by atoms with van der Waals surface area (Å²) >= 11 is 0. The lowest BCUT2D eigenvalue weighted by atomic mass is 10.2. The number of benzene rings is 1. The molecule has 1 aromatic carbocycles. The summed E-state index contributed by atoms with van der Waals surface area (Å²) in [6.07, 6.45) is 2.74. The van der Waals surface area contributed by atoms with Gasteiger partial charge in [0.25, 0.3) is 0 Å². The molecule has 0 N–H and O–H groups in total. The molecule has 1 aromatic heterocycles. The highest BCUT2D eigenvalue weighted by Gasteiger charge is 2.01. The van der Waals surface area contributed by atoms with Gasteiger partial charge < -0.3 is 5.53 Å². The summed E-state index contributed by atoms with van der Waals surface area (Å²) in [5.74, 6) is 0. The van der Waals surface area contributed by atoms with Crippen molar-refractivity contribution in [3.05, 3.63) is 41.8 Å². The molecule has 0 fully saturated rings. The number of nitrogens with zero attached hydrogens (tertiary/aromatic N) is 4. The highest BCUT2D eigenvalue weighted by atomic mass is 14.9. The Bertz CT molecular complexity index is 480. The molecular weight excluding hydrogens is 164 g/mol. The fourth-order valence-electron chi connectivity index (χ4n) is 1.18. The fraction of sp³-hybridized carbons (Fsp3) is 0. The Kier molecular flexibility index (Phi) is 1.82. The zero-order valence-corrected chi connectivity index (χ0v) is 6.75. The normalized spacial score (nSPS) is 9.54. The van der Waals surface area contributed by atoms with E-state index in [2.05, 4.69) is 14.8 Å². The minimum Gasteiger partial charge on any atom is -0.361 e. The van der Waals surface area contributed by atoms with Crippen molar-refractivity contribution in [2.75, 3.05) is 0 Å². The molecule has 0 radical (unpaired) electrons. The van der Waals surface area contributed by atoms with Crippen molar-refractivity contribution < 1.29 is 4.79 Å². The van der Waals surface area contributed by atoms with E-state index in [4.69, 9.17) is 5.53 Å². The molecule has 4 heteroatoms. The first-order valence-corrected chi connectivity index (χ1v) is 3.79. The number of para-hydroxylation sites is 1. The van der Waals surface area contributed by atoms with Crippen LogP contribution in [0.15, 0.2) is 30.6 Å². The lowest BCUT2D eigenvalue weighted by molar-refractivity contribution is 0.00437. The summed E-state index contributed by atoms with van der Waals surface area (Å²) in [7, 11) is 0. The Morgan fingerprint density at radius 1 is 1.23 bits per heavy atom. The van der Waals surface area contributed by atoms with E-state index in [0.717, 1.165) is 10.9 Å². The molecule has 2 rings (SSSR count). The third-order valence-corrected chi connectivity index (χ3v) is 1.75. The molecule has 13 heavy (non-hydrogen) atoms. The minimum atomic E-state index is 0.619. The van der Waals surface area contributed by atoms with Crippen LogP contribution in [0.25, 0.3) is 16.4 Å². The molecular formula is C9H6N4. The van der Waals surface area contributed by atoms with Gasteiger partial charge in [-0.2, -0.15) is 4.79 Å². The number of hydrogen-bond donors (Lipinski definition) is 0. The Balaban J connectivity index is 2.82. The van der Waals surface area contributed by atoms with Gasteiger partial charge >= 0.3 is 6.21 Å². The second kappa shape index (κ2) is 3.13. The SMILES string of the molecule is [N-]=[N+]=Cc1ncnc2ccccc12. The van der Waals surface area contributed by atoms with Crippen LogP contribution in [0, 0.1) is 0 Å². The van der Waals surface area contributed by atoms with Crippen molar-refractivity contribution in [1.82, 2.24) is 9.97 Å². The van der Waals surface area contributed by atoms with Gasteiger partial charge in [0.1, 0.15) is 6.33 Å². The molecule has 0 aliphatic rings. The molecule has 0 spiro atoms. The van der Waals surface area contributed by atoms with Crippen molar-refractivity contribution in [2.24, 2.45) is 0 Å². The molecule has 0 aliphatic heterocycles. The average molecular weight is 170 g/mol. The van der Waals surface area contributed by atoms with Crippen molar-refractivity contribution in [3.8, 4) is 0 Å². The highest BCUT2D eigenvalue weighted by molar-refractivity contribution is 5.93. The van der Waals surface area contributed by atoms with E-state index >= 15 is 0 Å². The highest BCUT2D eigenvalue weighted by Crippen LogP contribution is 2.11. The van der Waals surface area contributed by atoms with E-state index in [-0.39, 0.29) is 0 Å². The van der Waals surface area contributed by atoms with Crippen molar-refractivity contribution >= 4 is 17.1 Å². The van der Waals surface area contributed by atoms with Crippen LogP contribution >= 0.6 is 0 Å². The van der Waals surface area contributed by atoms with E-state index in [1.165, 1.54) is 12.5 Å². The zero-order chi connectivity index (χ0) is 9.10. The Labute approximate surface area is 74.5 Å². The van der Waals surface area contributed by atoms with Gasteiger partial charge in [-0.1, -0.05) is 18.2 Å². The lowest BCUT2D eigenvalue weighted by Crippen LogP contribution is -1.91. The smallest absolute Gasteiger partial charge is 0.306 e. The second-order valence-corrected chi connectivity index (χ2v) is 2.52. The predicted molar refractivity (Wildman–Crippen MR) is 48.3 cm³/mol. The molecule has 0 bridgehead atoms. The lowest BCUT2D eigenvalue weighted by Gasteiger charge is -1.95. The third-order valence-electron chi connectivity index (χ3n) is 1.75. The van der Waals surface area contributed by atoms with Gasteiger partial charge in [0, 0.05) is 5.39 Å². The summed E-state index contributed by atoms with van der Waals surface area (Å²) in [5, 5.41) is 0.878. The van der Waals surface area contributed by atoms with E-state index in [1.54, 1.807) is 0 Å². The summed E-state index contributed by atoms with van der Waals surface area (Å²) in [5.41, 5.74) is 9.85. The van der Waals surface area contributed by atoms with E-state index < -0.39 is 0 Å². The van der Waals surface area contributed by atoms with Gasteiger partial charge in [0.15, 0.2) is 5.69 Å². The van der Waals surface area contributed by atoms with Gasteiger partial charge in [0.05, 0.1) is 5.52 Å². The van der Waals surface area contributed by atoms with Crippen LogP contribution in [-0.2, 0) is 0 Å². The van der Waals surface area contributed by atoms with Crippen molar-refractivity contribution in [3.63, 3.8) is 0 Å². The van der Waals surface area contributed by atoms with Crippen LogP contribution in [-0.4, -0.2) is 21.0 Å². The molecule has 0 saturated carbocycles. The van der Waals surface area contributed by atoms with Crippen molar-refractivity contribution in [2.45, 2.75) is 0 Å². The number of aromatic nitrogens is 2. The van der Waals surface area contributed by atoms with Crippen molar-refractivity contribution in [1.29, 1.82) is 0 Å². The van der Waals surface area contributed by atoms with Crippen LogP contribution in [0.3, 0.4) is 0 Å². The van der Waals surface area contributed by atoms with E-state index in [1.807, 2.05) is 24.3 Å². The molecule has 1 heterocycles. The topological polar surface area (TPSA) is 62.2 Å². The van der Waals surface area contributed by atoms with Gasteiger partial charge in [-0.3, -0.25) is 0 Å². The largest absolute Gasteiger partial charge is 0.361 e. The summed E-state index contributed by atoms with van der Waals surface area (Å²) in [6, 6.07) is 7.55.